The van der Waals surface area contributed by atoms with Crippen LogP contribution in [0.1, 0.15) is 40.2 Å². The van der Waals surface area contributed by atoms with Crippen LogP contribution in [0.15, 0.2) is 30.9 Å². The van der Waals surface area contributed by atoms with Crippen molar-refractivity contribution in [1.29, 1.82) is 0 Å². The molecule has 27 heavy (non-hydrogen) atoms. The number of carbonyl (C=O) groups is 2. The molecule has 1 aliphatic heterocycles. The molecule has 0 bridgehead atoms. The summed E-state index contributed by atoms with van der Waals surface area (Å²) in [6.45, 7) is 4.23. The number of nitrogens with one attached hydrogen (secondary N) is 1. The number of carbonyl (C=O) groups excluding carboxylic acids is 2. The minimum atomic E-state index is -0.129. The van der Waals surface area contributed by atoms with Gasteiger partial charge in [0.15, 0.2) is 0 Å². The van der Waals surface area contributed by atoms with Crippen LogP contribution >= 0.6 is 0 Å². The zero-order chi connectivity index (χ0) is 19.0. The van der Waals surface area contributed by atoms with E-state index in [2.05, 4.69) is 22.2 Å². The molecule has 2 heterocycles. The van der Waals surface area contributed by atoms with Crippen LogP contribution in [0.25, 0.3) is 0 Å². The molecule has 7 nitrogen and oxygen atoms in total. The second kappa shape index (κ2) is 6.98. The molecule has 1 N–H and O–H groups in total. The van der Waals surface area contributed by atoms with Crippen LogP contribution in [0.5, 0.6) is 0 Å². The summed E-state index contributed by atoms with van der Waals surface area (Å²) in [5.41, 5.74) is 4.52. The molecule has 4 rings (SSSR count). The Kier molecular flexibility index (Phi) is 4.51. The summed E-state index contributed by atoms with van der Waals surface area (Å²) in [6.07, 6.45) is 5.38. The van der Waals surface area contributed by atoms with Crippen LogP contribution in [0, 0.1) is 0 Å². The molecular weight excluding hydrogens is 342 g/mol. The van der Waals surface area contributed by atoms with Gasteiger partial charge >= 0.3 is 0 Å². The molecule has 1 unspecified atom stereocenters. The predicted molar refractivity (Wildman–Crippen MR) is 102 cm³/mol. The molecule has 0 saturated heterocycles. The maximum absolute atomic E-state index is 13.0. The fraction of sp³-hybridized carbons (Fsp3) is 0.400. The molecular formula is C20H23N5O2. The number of hydrogen-bond acceptors (Lipinski definition) is 4. The van der Waals surface area contributed by atoms with Crippen molar-refractivity contribution in [2.75, 3.05) is 11.4 Å². The van der Waals surface area contributed by atoms with Gasteiger partial charge in [-0.15, -0.1) is 5.10 Å². The Labute approximate surface area is 158 Å². The second-order valence-electron chi connectivity index (χ2n) is 7.12. The third kappa shape index (κ3) is 3.13. The molecule has 2 aliphatic rings. The standard InChI is InChI=1S/C20H23N5O2/c1-3-19(26)25-11-5-7-14-15(6-4-8-17(14)25)20(27)21-13-9-10-18-16(12-13)22-23-24(18)2/h3-4,6,8,13H,1,5,7,9-12H2,2H3,(H,21,27). The van der Waals surface area contributed by atoms with Crippen LogP contribution in [0.3, 0.4) is 0 Å². The first-order chi connectivity index (χ1) is 13.1. The number of benzene rings is 1. The maximum atomic E-state index is 13.0. The van der Waals surface area contributed by atoms with Gasteiger partial charge in [0, 0.05) is 37.3 Å². The van der Waals surface area contributed by atoms with Crippen molar-refractivity contribution in [2.24, 2.45) is 7.05 Å². The van der Waals surface area contributed by atoms with E-state index in [0.717, 1.165) is 48.3 Å². The first-order valence-electron chi connectivity index (χ1n) is 9.32. The second-order valence-corrected chi connectivity index (χ2v) is 7.12. The van der Waals surface area contributed by atoms with Gasteiger partial charge in [-0.3, -0.25) is 14.3 Å². The normalized spacial score (nSPS) is 18.4. The van der Waals surface area contributed by atoms with Crippen molar-refractivity contribution in [3.63, 3.8) is 0 Å². The number of aromatic nitrogens is 3. The summed E-state index contributed by atoms with van der Waals surface area (Å²) < 4.78 is 1.81. The highest BCUT2D eigenvalue weighted by molar-refractivity contribution is 6.04. The van der Waals surface area contributed by atoms with E-state index in [9.17, 15) is 9.59 Å². The summed E-state index contributed by atoms with van der Waals surface area (Å²) in [6, 6.07) is 5.63. The molecule has 0 spiro atoms. The number of rotatable bonds is 3. The first-order valence-corrected chi connectivity index (χ1v) is 9.32. The zero-order valence-electron chi connectivity index (χ0n) is 15.4. The average Bonchev–Trinajstić information content (AvgIpc) is 3.06. The molecule has 1 aromatic heterocycles. The summed E-state index contributed by atoms with van der Waals surface area (Å²) in [4.78, 5) is 26.8. The van der Waals surface area contributed by atoms with Gasteiger partial charge in [-0.25, -0.2) is 0 Å². The summed E-state index contributed by atoms with van der Waals surface area (Å²) >= 11 is 0. The van der Waals surface area contributed by atoms with Crippen molar-refractivity contribution in [3.8, 4) is 0 Å². The van der Waals surface area contributed by atoms with E-state index in [1.807, 2.05) is 29.9 Å². The number of amides is 2. The van der Waals surface area contributed by atoms with Crippen molar-refractivity contribution >= 4 is 17.5 Å². The number of hydrogen-bond donors (Lipinski definition) is 1. The lowest BCUT2D eigenvalue weighted by Crippen LogP contribution is -2.40. The van der Waals surface area contributed by atoms with Crippen LogP contribution in [-0.2, 0) is 31.1 Å². The highest BCUT2D eigenvalue weighted by Gasteiger charge is 2.28. The molecule has 0 fully saturated rings. The fourth-order valence-electron chi connectivity index (χ4n) is 4.09. The monoisotopic (exact) mass is 365 g/mol. The topological polar surface area (TPSA) is 80.1 Å². The smallest absolute Gasteiger partial charge is 0.251 e. The van der Waals surface area contributed by atoms with Crippen LogP contribution in [0.4, 0.5) is 5.69 Å². The van der Waals surface area contributed by atoms with Gasteiger partial charge in [0.25, 0.3) is 5.91 Å². The van der Waals surface area contributed by atoms with Crippen molar-refractivity contribution < 1.29 is 9.59 Å². The van der Waals surface area contributed by atoms with Gasteiger partial charge < -0.3 is 10.2 Å². The summed E-state index contributed by atoms with van der Waals surface area (Å²) in [5, 5.41) is 11.4. The Hall–Kier alpha value is -2.96. The van der Waals surface area contributed by atoms with Gasteiger partial charge in [-0.05, 0) is 49.5 Å². The van der Waals surface area contributed by atoms with E-state index in [1.165, 1.54) is 6.08 Å². The molecule has 7 heteroatoms. The van der Waals surface area contributed by atoms with Crippen molar-refractivity contribution in [1.82, 2.24) is 20.3 Å². The zero-order valence-corrected chi connectivity index (χ0v) is 15.4. The van der Waals surface area contributed by atoms with E-state index in [1.54, 1.807) is 4.90 Å². The lowest BCUT2D eigenvalue weighted by molar-refractivity contribution is -0.114. The summed E-state index contributed by atoms with van der Waals surface area (Å²) in [5.74, 6) is -0.215. The van der Waals surface area contributed by atoms with E-state index in [0.29, 0.717) is 18.5 Å². The number of aryl methyl sites for hydroxylation is 1. The van der Waals surface area contributed by atoms with Crippen molar-refractivity contribution in [3.05, 3.63) is 53.4 Å². The quantitative estimate of drug-likeness (QED) is 0.838. The molecule has 0 radical (unpaired) electrons. The van der Waals surface area contributed by atoms with E-state index < -0.39 is 0 Å². The molecule has 0 saturated carbocycles. The third-order valence-corrected chi connectivity index (χ3v) is 5.46. The Morgan fingerprint density at radius 1 is 1.33 bits per heavy atom. The molecule has 1 aliphatic carbocycles. The van der Waals surface area contributed by atoms with Gasteiger partial charge in [0.1, 0.15) is 0 Å². The Morgan fingerprint density at radius 3 is 3.00 bits per heavy atom. The Balaban J connectivity index is 1.55. The lowest BCUT2D eigenvalue weighted by atomic mass is 9.93. The van der Waals surface area contributed by atoms with E-state index in [-0.39, 0.29) is 17.9 Å². The van der Waals surface area contributed by atoms with Gasteiger partial charge in [-0.2, -0.15) is 0 Å². The molecule has 1 aromatic carbocycles. The highest BCUT2D eigenvalue weighted by atomic mass is 16.2. The average molecular weight is 365 g/mol. The highest BCUT2D eigenvalue weighted by Crippen LogP contribution is 2.30. The molecule has 2 aromatic rings. The van der Waals surface area contributed by atoms with Crippen molar-refractivity contribution in [2.45, 2.75) is 38.1 Å². The maximum Gasteiger partial charge on any atom is 0.251 e. The number of anilines is 1. The van der Waals surface area contributed by atoms with Crippen LogP contribution in [-0.4, -0.2) is 39.4 Å². The number of nitrogens with zero attached hydrogens (tertiary/aromatic N) is 4. The van der Waals surface area contributed by atoms with Gasteiger partial charge in [-0.1, -0.05) is 17.9 Å². The first kappa shape index (κ1) is 17.5. The number of fused-ring (bicyclic) bond motifs is 2. The van der Waals surface area contributed by atoms with Crippen LogP contribution in [0.2, 0.25) is 0 Å². The van der Waals surface area contributed by atoms with E-state index in [4.69, 9.17) is 0 Å². The molecule has 1 atom stereocenters. The molecule has 2 amide bonds. The predicted octanol–water partition coefficient (Wildman–Crippen LogP) is 1.57. The SMILES string of the molecule is C=CC(=O)N1CCCc2c(C(=O)NC3CCc4c(nnn4C)C3)cccc21. The Bertz CT molecular complexity index is 917. The third-order valence-electron chi connectivity index (χ3n) is 5.46. The summed E-state index contributed by atoms with van der Waals surface area (Å²) in [7, 11) is 1.90. The Morgan fingerprint density at radius 2 is 2.19 bits per heavy atom. The fourth-order valence-corrected chi connectivity index (χ4v) is 4.09. The lowest BCUT2D eigenvalue weighted by Gasteiger charge is -2.30. The van der Waals surface area contributed by atoms with Gasteiger partial charge in [0.05, 0.1) is 11.4 Å². The van der Waals surface area contributed by atoms with Crippen LogP contribution < -0.4 is 10.2 Å². The van der Waals surface area contributed by atoms with Gasteiger partial charge in [0.2, 0.25) is 5.91 Å². The minimum absolute atomic E-state index is 0.0482. The largest absolute Gasteiger partial charge is 0.349 e. The minimum Gasteiger partial charge on any atom is -0.349 e. The molecule has 140 valence electrons. The van der Waals surface area contributed by atoms with E-state index >= 15 is 0 Å².